The summed E-state index contributed by atoms with van der Waals surface area (Å²) < 4.78 is 4.90. The molecule has 0 unspecified atom stereocenters. The number of Topliss-reactive ketones (excluding diaryl/α,β-unsaturated/α-hetero) is 1. The van der Waals surface area contributed by atoms with Crippen LogP contribution >= 0.6 is 0 Å². The second-order valence-electron chi connectivity index (χ2n) is 6.59. The standard InChI is InChI=1S/C25H22O3/c1-4-22(24(26)19-11-6-5-7-12-19)23(17(2)25(27)28-3)21-15-14-18-10-8-9-13-20(18)16-21/h4-16,22-23H,1-2H2,3H3/t22-,23-/m0/s1. The maximum atomic E-state index is 13.2. The number of methoxy groups -OCH3 is 1. The Morgan fingerprint density at radius 1 is 0.929 bits per heavy atom. The summed E-state index contributed by atoms with van der Waals surface area (Å²) in [6.45, 7) is 7.82. The van der Waals surface area contributed by atoms with Crippen LogP contribution in [0.4, 0.5) is 0 Å². The molecule has 0 aliphatic rings. The number of benzene rings is 3. The molecule has 28 heavy (non-hydrogen) atoms. The molecule has 0 heterocycles. The van der Waals surface area contributed by atoms with Gasteiger partial charge < -0.3 is 4.74 Å². The van der Waals surface area contributed by atoms with E-state index in [-0.39, 0.29) is 11.4 Å². The van der Waals surface area contributed by atoms with Crippen molar-refractivity contribution < 1.29 is 14.3 Å². The average molecular weight is 370 g/mol. The van der Waals surface area contributed by atoms with E-state index >= 15 is 0 Å². The molecule has 0 aromatic heterocycles. The summed E-state index contributed by atoms with van der Waals surface area (Å²) in [4.78, 5) is 25.5. The summed E-state index contributed by atoms with van der Waals surface area (Å²) in [7, 11) is 1.31. The first-order valence-electron chi connectivity index (χ1n) is 9.04. The lowest BCUT2D eigenvalue weighted by molar-refractivity contribution is -0.136. The van der Waals surface area contributed by atoms with Crippen molar-refractivity contribution in [2.45, 2.75) is 5.92 Å². The van der Waals surface area contributed by atoms with Gasteiger partial charge in [0.1, 0.15) is 0 Å². The van der Waals surface area contributed by atoms with Crippen LogP contribution in [0.2, 0.25) is 0 Å². The predicted octanol–water partition coefficient (Wildman–Crippen LogP) is 5.34. The highest BCUT2D eigenvalue weighted by Crippen LogP contribution is 2.36. The van der Waals surface area contributed by atoms with Gasteiger partial charge in [-0.15, -0.1) is 6.58 Å². The van der Waals surface area contributed by atoms with E-state index in [0.717, 1.165) is 16.3 Å². The van der Waals surface area contributed by atoms with Crippen molar-refractivity contribution in [2.75, 3.05) is 7.11 Å². The van der Waals surface area contributed by atoms with Gasteiger partial charge in [0.05, 0.1) is 13.0 Å². The molecule has 3 aromatic carbocycles. The summed E-state index contributed by atoms with van der Waals surface area (Å²) >= 11 is 0. The molecule has 3 nitrogen and oxygen atoms in total. The second kappa shape index (κ2) is 8.49. The van der Waals surface area contributed by atoms with Gasteiger partial charge in [0.15, 0.2) is 5.78 Å². The summed E-state index contributed by atoms with van der Waals surface area (Å²) in [5.74, 6) is -1.86. The van der Waals surface area contributed by atoms with Crippen molar-refractivity contribution in [1.82, 2.24) is 0 Å². The number of esters is 1. The number of carbonyl (C=O) groups is 2. The van der Waals surface area contributed by atoms with Crippen LogP contribution in [-0.2, 0) is 9.53 Å². The largest absolute Gasteiger partial charge is 0.466 e. The van der Waals surface area contributed by atoms with Gasteiger partial charge in [-0.05, 0) is 16.3 Å². The molecule has 0 aliphatic heterocycles. The first kappa shape index (κ1) is 19.3. The van der Waals surface area contributed by atoms with Gasteiger partial charge in [0, 0.05) is 17.1 Å². The zero-order valence-electron chi connectivity index (χ0n) is 15.8. The third-order valence-electron chi connectivity index (χ3n) is 4.93. The number of allylic oxidation sites excluding steroid dienone is 1. The summed E-state index contributed by atoms with van der Waals surface area (Å²) in [5, 5.41) is 2.11. The van der Waals surface area contributed by atoms with Crippen LogP contribution in [0, 0.1) is 5.92 Å². The van der Waals surface area contributed by atoms with E-state index in [2.05, 4.69) is 13.2 Å². The number of fused-ring (bicyclic) bond motifs is 1. The summed E-state index contributed by atoms with van der Waals surface area (Å²) in [6.07, 6.45) is 1.59. The maximum Gasteiger partial charge on any atom is 0.333 e. The van der Waals surface area contributed by atoms with Gasteiger partial charge in [0.2, 0.25) is 0 Å². The van der Waals surface area contributed by atoms with Crippen molar-refractivity contribution in [3.63, 3.8) is 0 Å². The molecular formula is C25H22O3. The van der Waals surface area contributed by atoms with Crippen LogP contribution < -0.4 is 0 Å². The van der Waals surface area contributed by atoms with Crippen molar-refractivity contribution in [3.05, 3.63) is 109 Å². The number of ketones is 1. The van der Waals surface area contributed by atoms with E-state index in [1.165, 1.54) is 7.11 Å². The van der Waals surface area contributed by atoms with Crippen molar-refractivity contribution in [2.24, 2.45) is 5.92 Å². The fourth-order valence-electron chi connectivity index (χ4n) is 3.47. The Labute approximate surface area is 165 Å². The number of carbonyl (C=O) groups excluding carboxylic acids is 2. The minimum atomic E-state index is -0.643. The van der Waals surface area contributed by atoms with Crippen molar-refractivity contribution in [3.8, 4) is 0 Å². The molecule has 0 bridgehead atoms. The van der Waals surface area contributed by atoms with E-state index < -0.39 is 17.8 Å². The van der Waals surface area contributed by atoms with E-state index in [0.29, 0.717) is 5.56 Å². The summed E-state index contributed by atoms with van der Waals surface area (Å²) in [5.41, 5.74) is 1.62. The van der Waals surface area contributed by atoms with E-state index in [1.54, 1.807) is 18.2 Å². The van der Waals surface area contributed by atoms with Gasteiger partial charge in [-0.1, -0.05) is 85.5 Å². The molecule has 0 aliphatic carbocycles. The molecule has 0 N–H and O–H groups in total. The average Bonchev–Trinajstić information content (AvgIpc) is 2.76. The highest BCUT2D eigenvalue weighted by molar-refractivity contribution is 6.01. The van der Waals surface area contributed by atoms with Crippen LogP contribution in [-0.4, -0.2) is 18.9 Å². The molecular weight excluding hydrogens is 348 g/mol. The Balaban J connectivity index is 2.11. The first-order valence-corrected chi connectivity index (χ1v) is 9.04. The van der Waals surface area contributed by atoms with E-state index in [9.17, 15) is 9.59 Å². The molecule has 140 valence electrons. The Kier molecular flexibility index (Phi) is 5.85. The van der Waals surface area contributed by atoms with E-state index in [4.69, 9.17) is 4.74 Å². The van der Waals surface area contributed by atoms with Gasteiger partial charge >= 0.3 is 5.97 Å². The minimum Gasteiger partial charge on any atom is -0.466 e. The normalized spacial score (nSPS) is 12.8. The molecule has 0 amide bonds. The minimum absolute atomic E-state index is 0.112. The number of rotatable bonds is 7. The number of hydrogen-bond donors (Lipinski definition) is 0. The van der Waals surface area contributed by atoms with Crippen LogP contribution in [0.3, 0.4) is 0 Å². The Hall–Kier alpha value is -3.46. The monoisotopic (exact) mass is 370 g/mol. The van der Waals surface area contributed by atoms with Crippen LogP contribution in [0.1, 0.15) is 21.8 Å². The second-order valence-corrected chi connectivity index (χ2v) is 6.59. The molecule has 3 rings (SSSR count). The summed E-state index contributed by atoms with van der Waals surface area (Å²) in [6, 6.07) is 22.8. The molecule has 0 spiro atoms. The fraction of sp³-hybridized carbons (Fsp3) is 0.120. The Bertz CT molecular complexity index is 1030. The van der Waals surface area contributed by atoms with Crippen molar-refractivity contribution >= 4 is 22.5 Å². The molecule has 0 saturated carbocycles. The third kappa shape index (κ3) is 3.79. The molecule has 3 aromatic rings. The zero-order chi connectivity index (χ0) is 20.1. The SMILES string of the molecule is C=C[C@H](C(=O)c1ccccc1)[C@@H](C(=C)C(=O)OC)c1ccc2ccccc2c1. The molecule has 3 heteroatoms. The maximum absolute atomic E-state index is 13.2. The van der Waals surface area contributed by atoms with Gasteiger partial charge in [-0.25, -0.2) is 4.79 Å². The van der Waals surface area contributed by atoms with Crippen molar-refractivity contribution in [1.29, 1.82) is 0 Å². The predicted molar refractivity (Wildman–Crippen MR) is 112 cm³/mol. The lowest BCUT2D eigenvalue weighted by Crippen LogP contribution is -2.25. The zero-order valence-corrected chi connectivity index (χ0v) is 15.8. The highest BCUT2D eigenvalue weighted by atomic mass is 16.5. The Morgan fingerprint density at radius 2 is 1.57 bits per heavy atom. The topological polar surface area (TPSA) is 43.4 Å². The fourth-order valence-corrected chi connectivity index (χ4v) is 3.47. The number of ether oxygens (including phenoxy) is 1. The van der Waals surface area contributed by atoms with Crippen LogP contribution in [0.5, 0.6) is 0 Å². The third-order valence-corrected chi connectivity index (χ3v) is 4.93. The van der Waals surface area contributed by atoms with Gasteiger partial charge in [0.25, 0.3) is 0 Å². The van der Waals surface area contributed by atoms with Crippen LogP contribution in [0.25, 0.3) is 10.8 Å². The molecule has 0 fully saturated rings. The lowest BCUT2D eigenvalue weighted by atomic mass is 9.77. The number of hydrogen-bond acceptors (Lipinski definition) is 3. The smallest absolute Gasteiger partial charge is 0.333 e. The molecule has 2 atom stereocenters. The van der Waals surface area contributed by atoms with Crippen LogP contribution in [0.15, 0.2) is 97.6 Å². The van der Waals surface area contributed by atoms with E-state index in [1.807, 2.05) is 60.7 Å². The molecule has 0 saturated heterocycles. The van der Waals surface area contributed by atoms with Gasteiger partial charge in [-0.3, -0.25) is 4.79 Å². The highest BCUT2D eigenvalue weighted by Gasteiger charge is 2.33. The molecule has 0 radical (unpaired) electrons. The lowest BCUT2D eigenvalue weighted by Gasteiger charge is -2.25. The first-order chi connectivity index (χ1) is 13.6. The quantitative estimate of drug-likeness (QED) is 0.244. The van der Waals surface area contributed by atoms with Gasteiger partial charge in [-0.2, -0.15) is 0 Å². The Morgan fingerprint density at radius 3 is 2.21 bits per heavy atom.